The minimum absolute atomic E-state index is 0.128. The first-order valence-electron chi connectivity index (χ1n) is 9.38. The minimum atomic E-state index is -0.128. The van der Waals surface area contributed by atoms with Gasteiger partial charge in [0.15, 0.2) is 11.3 Å². The van der Waals surface area contributed by atoms with Crippen molar-refractivity contribution in [3.63, 3.8) is 0 Å². The van der Waals surface area contributed by atoms with Gasteiger partial charge in [0.1, 0.15) is 6.61 Å². The maximum absolute atomic E-state index is 12.7. The van der Waals surface area contributed by atoms with Crippen molar-refractivity contribution in [2.75, 3.05) is 0 Å². The first kappa shape index (κ1) is 17.5. The van der Waals surface area contributed by atoms with E-state index in [0.717, 1.165) is 23.9 Å². The topological polar surface area (TPSA) is 81.9 Å². The van der Waals surface area contributed by atoms with Crippen molar-refractivity contribution in [1.29, 1.82) is 0 Å². The van der Waals surface area contributed by atoms with E-state index in [1.807, 2.05) is 24.3 Å². The molecule has 0 unspecified atom stereocenters. The zero-order valence-electron chi connectivity index (χ0n) is 15.4. The minimum Gasteiger partial charge on any atom is -0.471 e. The second-order valence-electron chi connectivity index (χ2n) is 6.91. The number of nitrogens with one attached hydrogen (secondary N) is 1. The number of carbonyl (C=O) groups is 1. The van der Waals surface area contributed by atoms with Crippen LogP contribution in [0.5, 0.6) is 5.88 Å². The number of aromatic nitrogens is 4. The van der Waals surface area contributed by atoms with Gasteiger partial charge in [-0.3, -0.25) is 9.78 Å². The Labute approximate surface area is 157 Å². The summed E-state index contributed by atoms with van der Waals surface area (Å²) in [6.07, 6.45) is 7.41. The van der Waals surface area contributed by atoms with Crippen molar-refractivity contribution >= 4 is 16.9 Å². The molecule has 140 valence electrons. The van der Waals surface area contributed by atoms with Gasteiger partial charge in [0.2, 0.25) is 5.88 Å². The maximum atomic E-state index is 12.7. The highest BCUT2D eigenvalue weighted by Crippen LogP contribution is 2.22. The summed E-state index contributed by atoms with van der Waals surface area (Å²) in [6.45, 7) is 0.340. The fourth-order valence-corrected chi connectivity index (χ4v) is 3.49. The molecule has 3 aromatic heterocycles. The molecule has 0 saturated heterocycles. The molecule has 7 nitrogen and oxygen atoms in total. The van der Waals surface area contributed by atoms with Crippen LogP contribution in [-0.4, -0.2) is 31.7 Å². The number of fused-ring (bicyclic) bond motifs is 1. The van der Waals surface area contributed by atoms with Crippen molar-refractivity contribution in [3.8, 4) is 5.88 Å². The van der Waals surface area contributed by atoms with Gasteiger partial charge in [-0.2, -0.15) is 10.1 Å². The summed E-state index contributed by atoms with van der Waals surface area (Å²) in [5.74, 6) is 0.354. The van der Waals surface area contributed by atoms with Gasteiger partial charge >= 0.3 is 0 Å². The molecule has 1 N–H and O–H groups in total. The molecule has 1 aliphatic carbocycles. The molecule has 3 aromatic rings. The quantitative estimate of drug-likeness (QED) is 0.752. The maximum Gasteiger partial charge on any atom is 0.272 e. The largest absolute Gasteiger partial charge is 0.471 e. The summed E-state index contributed by atoms with van der Waals surface area (Å²) in [5.41, 5.74) is 1.88. The molecule has 4 rings (SSSR count). The summed E-state index contributed by atoms with van der Waals surface area (Å²) >= 11 is 0. The number of pyridine rings is 2. The van der Waals surface area contributed by atoms with Crippen LogP contribution in [0.3, 0.4) is 0 Å². The molecule has 1 fully saturated rings. The predicted molar refractivity (Wildman–Crippen MR) is 101 cm³/mol. The molecule has 0 aromatic carbocycles. The van der Waals surface area contributed by atoms with Gasteiger partial charge < -0.3 is 10.1 Å². The van der Waals surface area contributed by atoms with Crippen LogP contribution in [-0.2, 0) is 13.7 Å². The Morgan fingerprint density at radius 3 is 2.85 bits per heavy atom. The number of hydrogen-bond donors (Lipinski definition) is 1. The lowest BCUT2D eigenvalue weighted by molar-refractivity contribution is 0.0923. The number of aryl methyl sites for hydroxylation is 1. The second-order valence-corrected chi connectivity index (χ2v) is 6.91. The van der Waals surface area contributed by atoms with Gasteiger partial charge in [0, 0.05) is 25.4 Å². The Hall–Kier alpha value is -2.96. The van der Waals surface area contributed by atoms with Crippen LogP contribution >= 0.6 is 0 Å². The number of amides is 1. The van der Waals surface area contributed by atoms with Crippen molar-refractivity contribution in [1.82, 2.24) is 25.1 Å². The van der Waals surface area contributed by atoms with Crippen molar-refractivity contribution in [3.05, 3.63) is 47.9 Å². The Bertz CT molecular complexity index is 932. The van der Waals surface area contributed by atoms with Gasteiger partial charge in [0.25, 0.3) is 5.91 Å². The van der Waals surface area contributed by atoms with E-state index in [0.29, 0.717) is 23.8 Å². The summed E-state index contributed by atoms with van der Waals surface area (Å²) in [5, 5.41) is 8.24. The van der Waals surface area contributed by atoms with E-state index >= 15 is 0 Å². The lowest BCUT2D eigenvalue weighted by Crippen LogP contribution is -2.36. The Morgan fingerprint density at radius 2 is 2.07 bits per heavy atom. The van der Waals surface area contributed by atoms with E-state index in [9.17, 15) is 4.79 Å². The first-order valence-corrected chi connectivity index (χ1v) is 9.38. The van der Waals surface area contributed by atoms with Crippen LogP contribution in [0.15, 0.2) is 36.5 Å². The van der Waals surface area contributed by atoms with E-state index in [1.54, 1.807) is 24.0 Å². The average Bonchev–Trinajstić information content (AvgIpc) is 3.04. The normalized spacial score (nSPS) is 15.0. The number of hydrogen-bond acceptors (Lipinski definition) is 5. The number of nitrogens with zero attached hydrogens (tertiary/aromatic N) is 4. The Morgan fingerprint density at radius 1 is 1.22 bits per heavy atom. The van der Waals surface area contributed by atoms with E-state index < -0.39 is 0 Å². The van der Waals surface area contributed by atoms with Gasteiger partial charge in [-0.25, -0.2) is 4.68 Å². The summed E-state index contributed by atoms with van der Waals surface area (Å²) in [6, 6.07) is 9.54. The molecular formula is C20H23N5O2. The predicted octanol–water partition coefficient (Wildman–Crippen LogP) is 3.00. The highest BCUT2D eigenvalue weighted by molar-refractivity contribution is 6.04. The van der Waals surface area contributed by atoms with Crippen LogP contribution < -0.4 is 10.1 Å². The van der Waals surface area contributed by atoms with Crippen LogP contribution in [0, 0.1) is 0 Å². The highest BCUT2D eigenvalue weighted by atomic mass is 16.5. The average molecular weight is 365 g/mol. The molecule has 0 spiro atoms. The van der Waals surface area contributed by atoms with Gasteiger partial charge in [-0.05, 0) is 31.0 Å². The third-order valence-electron chi connectivity index (χ3n) is 4.91. The molecular weight excluding hydrogens is 342 g/mol. The molecule has 0 radical (unpaired) electrons. The van der Waals surface area contributed by atoms with E-state index in [4.69, 9.17) is 4.74 Å². The highest BCUT2D eigenvalue weighted by Gasteiger charge is 2.21. The molecule has 3 heterocycles. The Balaban J connectivity index is 1.51. The summed E-state index contributed by atoms with van der Waals surface area (Å²) < 4.78 is 7.35. The monoisotopic (exact) mass is 365 g/mol. The van der Waals surface area contributed by atoms with Crippen molar-refractivity contribution in [2.45, 2.75) is 44.8 Å². The molecule has 7 heteroatoms. The van der Waals surface area contributed by atoms with Crippen molar-refractivity contribution < 1.29 is 9.53 Å². The molecule has 1 aliphatic rings. The third kappa shape index (κ3) is 3.92. The van der Waals surface area contributed by atoms with Gasteiger partial charge in [-0.15, -0.1) is 0 Å². The number of ether oxygens (including phenoxy) is 1. The molecule has 27 heavy (non-hydrogen) atoms. The molecule has 0 aliphatic heterocycles. The molecule has 1 saturated carbocycles. The zero-order chi connectivity index (χ0) is 18.6. The lowest BCUT2D eigenvalue weighted by Gasteiger charge is -2.22. The van der Waals surface area contributed by atoms with Crippen LogP contribution in [0.1, 0.15) is 48.3 Å². The third-order valence-corrected chi connectivity index (χ3v) is 4.91. The summed E-state index contributed by atoms with van der Waals surface area (Å²) in [4.78, 5) is 21.4. The lowest BCUT2D eigenvalue weighted by atomic mass is 9.95. The molecule has 1 amide bonds. The van der Waals surface area contributed by atoms with E-state index in [2.05, 4.69) is 20.4 Å². The Kier molecular flexibility index (Phi) is 5.00. The fraction of sp³-hybridized carbons (Fsp3) is 0.400. The second kappa shape index (κ2) is 7.73. The van der Waals surface area contributed by atoms with Crippen LogP contribution in [0.25, 0.3) is 11.0 Å². The van der Waals surface area contributed by atoms with E-state index in [1.165, 1.54) is 19.3 Å². The van der Waals surface area contributed by atoms with E-state index in [-0.39, 0.29) is 11.9 Å². The smallest absolute Gasteiger partial charge is 0.272 e. The van der Waals surface area contributed by atoms with Crippen LogP contribution in [0.4, 0.5) is 0 Å². The first-order chi connectivity index (χ1) is 13.2. The zero-order valence-corrected chi connectivity index (χ0v) is 15.4. The standard InChI is InChI=1S/C20H23N5O2/c1-25-19-16(18(24-25)20(26)22-14-7-3-2-4-8-14)10-11-17(23-19)27-13-15-9-5-6-12-21-15/h5-6,9-12,14H,2-4,7-8,13H2,1H3,(H,22,26). The van der Waals surface area contributed by atoms with Crippen LogP contribution in [0.2, 0.25) is 0 Å². The van der Waals surface area contributed by atoms with Crippen molar-refractivity contribution in [2.24, 2.45) is 7.05 Å². The SMILES string of the molecule is Cn1nc(C(=O)NC2CCCCC2)c2ccc(OCc3ccccn3)nc21. The summed E-state index contributed by atoms with van der Waals surface area (Å²) in [7, 11) is 1.79. The van der Waals surface area contributed by atoms with Gasteiger partial charge in [0.05, 0.1) is 11.1 Å². The molecule has 0 bridgehead atoms. The number of carbonyl (C=O) groups excluding carboxylic acids is 1. The molecule has 0 atom stereocenters. The number of rotatable bonds is 5. The fourth-order valence-electron chi connectivity index (χ4n) is 3.49. The van der Waals surface area contributed by atoms with Gasteiger partial charge in [-0.1, -0.05) is 25.3 Å².